The number of anilines is 2. The van der Waals surface area contributed by atoms with Crippen LogP contribution < -0.4 is 10.2 Å². The van der Waals surface area contributed by atoms with Gasteiger partial charge < -0.3 is 19.7 Å². The van der Waals surface area contributed by atoms with Crippen molar-refractivity contribution in [3.63, 3.8) is 0 Å². The minimum atomic E-state index is -0.680. The molecule has 1 aromatic heterocycles. The highest BCUT2D eigenvalue weighted by Crippen LogP contribution is 2.31. The molecule has 0 spiro atoms. The smallest absolute Gasteiger partial charge is 0.353 e. The molecule has 0 aliphatic heterocycles. The lowest BCUT2D eigenvalue weighted by Gasteiger charge is -2.23. The van der Waals surface area contributed by atoms with Crippen LogP contribution in [0.2, 0.25) is 0 Å². The zero-order chi connectivity index (χ0) is 21.3. The molecule has 1 heterocycles. The fourth-order valence-corrected chi connectivity index (χ4v) is 2.13. The zero-order valence-corrected chi connectivity index (χ0v) is 16.9. The van der Waals surface area contributed by atoms with Gasteiger partial charge in [-0.05, 0) is 27.2 Å². The van der Waals surface area contributed by atoms with Crippen molar-refractivity contribution < 1.29 is 24.0 Å². The Kier molecular flexibility index (Phi) is 8.55. The van der Waals surface area contributed by atoms with Crippen LogP contribution >= 0.6 is 0 Å². The molecule has 0 aliphatic carbocycles. The molecule has 0 saturated carbocycles. The minimum Gasteiger partial charge on any atom is -0.464 e. The van der Waals surface area contributed by atoms with Gasteiger partial charge in [-0.2, -0.15) is 0 Å². The van der Waals surface area contributed by atoms with Gasteiger partial charge in [-0.1, -0.05) is 13.3 Å². The van der Waals surface area contributed by atoms with E-state index in [4.69, 9.17) is 9.47 Å². The van der Waals surface area contributed by atoms with E-state index in [1.54, 1.807) is 20.8 Å². The molecule has 0 amide bonds. The minimum absolute atomic E-state index is 0.0762. The van der Waals surface area contributed by atoms with Crippen LogP contribution in [0.3, 0.4) is 0 Å². The number of carbonyl (C=O) groups excluding carboxylic acids is 2. The normalized spacial score (nSPS) is 10.9. The van der Waals surface area contributed by atoms with Crippen molar-refractivity contribution in [2.75, 3.05) is 37.0 Å². The van der Waals surface area contributed by atoms with Crippen molar-refractivity contribution >= 4 is 29.3 Å². The summed E-state index contributed by atoms with van der Waals surface area (Å²) in [7, 11) is 1.47. The van der Waals surface area contributed by atoms with Gasteiger partial charge in [0.2, 0.25) is 11.6 Å². The molecule has 28 heavy (non-hydrogen) atoms. The molecule has 156 valence electrons. The first-order valence-electron chi connectivity index (χ1n) is 8.87. The van der Waals surface area contributed by atoms with E-state index in [2.05, 4.69) is 15.3 Å². The number of nitrogens with zero attached hydrogens (tertiary/aromatic N) is 4. The second-order valence-corrected chi connectivity index (χ2v) is 7.02. The molecule has 0 fully saturated rings. The zero-order valence-electron chi connectivity index (χ0n) is 16.9. The molecule has 0 saturated heterocycles. The maximum Gasteiger partial charge on any atom is 0.353 e. The fourth-order valence-electron chi connectivity index (χ4n) is 2.13. The number of likely N-dealkylation sites (N-methyl/N-ethyl adjacent to an activating group) is 1. The van der Waals surface area contributed by atoms with Gasteiger partial charge in [0.05, 0.1) is 11.5 Å². The molecule has 0 aromatic carbocycles. The summed E-state index contributed by atoms with van der Waals surface area (Å²) in [4.78, 5) is 43.6. The molecule has 1 N–H and O–H groups in total. The second kappa shape index (κ2) is 10.4. The number of nitro groups is 1. The highest BCUT2D eigenvalue weighted by Gasteiger charge is 2.28. The van der Waals surface area contributed by atoms with E-state index in [1.807, 2.05) is 6.92 Å². The molecule has 0 atom stereocenters. The average Bonchev–Trinajstić information content (AvgIpc) is 2.57. The summed E-state index contributed by atoms with van der Waals surface area (Å²) in [6.07, 6.45) is 2.73. The number of hydrogen-bond donors (Lipinski definition) is 1. The highest BCUT2D eigenvalue weighted by molar-refractivity contribution is 5.80. The number of rotatable bonds is 10. The lowest BCUT2D eigenvalue weighted by atomic mass is 10.2. The monoisotopic (exact) mass is 397 g/mol. The molecule has 0 bridgehead atoms. The fraction of sp³-hybridized carbons (Fsp3) is 0.647. The van der Waals surface area contributed by atoms with E-state index in [0.717, 1.165) is 19.2 Å². The van der Waals surface area contributed by atoms with Gasteiger partial charge >= 0.3 is 17.6 Å². The Morgan fingerprint density at radius 1 is 1.29 bits per heavy atom. The lowest BCUT2D eigenvalue weighted by Crippen LogP contribution is -2.33. The molecular weight excluding hydrogens is 370 g/mol. The molecule has 0 radical (unpaired) electrons. The Labute approximate surface area is 163 Å². The van der Waals surface area contributed by atoms with Crippen LogP contribution in [0, 0.1) is 10.1 Å². The number of unbranched alkanes of at least 4 members (excludes halogenated alkanes) is 1. The molecule has 0 aliphatic rings. The van der Waals surface area contributed by atoms with Crippen molar-refractivity contribution in [2.45, 2.75) is 46.1 Å². The number of esters is 2. The SMILES string of the molecule is CCCCOC(=O)CNc1ncnc(N(C)CC(=O)OC(C)(C)C)c1[N+](=O)[O-]. The van der Waals surface area contributed by atoms with Gasteiger partial charge in [0.1, 0.15) is 25.0 Å². The van der Waals surface area contributed by atoms with Gasteiger partial charge in [0.15, 0.2) is 0 Å². The van der Waals surface area contributed by atoms with Crippen molar-refractivity contribution in [3.8, 4) is 0 Å². The van der Waals surface area contributed by atoms with Crippen LogP contribution in [-0.4, -0.2) is 59.2 Å². The molecule has 0 unspecified atom stereocenters. The van der Waals surface area contributed by atoms with Gasteiger partial charge in [0.25, 0.3) is 0 Å². The maximum absolute atomic E-state index is 12.0. The summed E-state index contributed by atoms with van der Waals surface area (Å²) in [5, 5.41) is 14.1. The molecule has 11 heteroatoms. The molecule has 1 rings (SSSR count). The third-order valence-corrected chi connectivity index (χ3v) is 3.29. The van der Waals surface area contributed by atoms with E-state index in [1.165, 1.54) is 11.9 Å². The van der Waals surface area contributed by atoms with Crippen LogP contribution in [0.4, 0.5) is 17.3 Å². The van der Waals surface area contributed by atoms with Crippen LogP contribution in [0.25, 0.3) is 0 Å². The first-order chi connectivity index (χ1) is 13.0. The molecular formula is C17H27N5O6. The second-order valence-electron chi connectivity index (χ2n) is 7.02. The van der Waals surface area contributed by atoms with E-state index in [9.17, 15) is 19.7 Å². The van der Waals surface area contributed by atoms with E-state index < -0.39 is 28.2 Å². The van der Waals surface area contributed by atoms with Crippen molar-refractivity contribution in [1.82, 2.24) is 9.97 Å². The maximum atomic E-state index is 12.0. The van der Waals surface area contributed by atoms with Crippen LogP contribution in [0.1, 0.15) is 40.5 Å². The topological polar surface area (TPSA) is 137 Å². The van der Waals surface area contributed by atoms with E-state index in [-0.39, 0.29) is 31.3 Å². The Morgan fingerprint density at radius 2 is 1.96 bits per heavy atom. The third-order valence-electron chi connectivity index (χ3n) is 3.29. The summed E-state index contributed by atoms with van der Waals surface area (Å²) in [6, 6.07) is 0. The molecule has 11 nitrogen and oxygen atoms in total. The summed E-state index contributed by atoms with van der Waals surface area (Å²) >= 11 is 0. The van der Waals surface area contributed by atoms with Crippen molar-refractivity contribution in [1.29, 1.82) is 0 Å². The van der Waals surface area contributed by atoms with Gasteiger partial charge in [-0.15, -0.1) is 0 Å². The highest BCUT2D eigenvalue weighted by atomic mass is 16.6. The van der Waals surface area contributed by atoms with Gasteiger partial charge in [0, 0.05) is 7.05 Å². The Bertz CT molecular complexity index is 704. The first kappa shape index (κ1) is 23.1. The van der Waals surface area contributed by atoms with Crippen LogP contribution in [0.5, 0.6) is 0 Å². The number of hydrogen-bond acceptors (Lipinski definition) is 10. The standard InChI is InChI=1S/C17H27N5O6/c1-6-7-8-27-12(23)9-18-15-14(22(25)26)16(20-11-19-15)21(5)10-13(24)28-17(2,3)4/h11H,6-10H2,1-5H3,(H,18,19,20). The number of nitrogens with one attached hydrogen (secondary N) is 1. The number of aromatic nitrogens is 2. The lowest BCUT2D eigenvalue weighted by molar-refractivity contribution is -0.383. The summed E-state index contributed by atoms with van der Waals surface area (Å²) < 4.78 is 10.2. The number of carbonyl (C=O) groups is 2. The largest absolute Gasteiger partial charge is 0.464 e. The van der Waals surface area contributed by atoms with E-state index >= 15 is 0 Å². The third kappa shape index (κ3) is 7.72. The van der Waals surface area contributed by atoms with E-state index in [0.29, 0.717) is 0 Å². The Morgan fingerprint density at radius 3 is 2.54 bits per heavy atom. The first-order valence-corrected chi connectivity index (χ1v) is 8.87. The van der Waals surface area contributed by atoms with Gasteiger partial charge in [-0.3, -0.25) is 19.7 Å². The van der Waals surface area contributed by atoms with Crippen LogP contribution in [0.15, 0.2) is 6.33 Å². The number of ether oxygens (including phenoxy) is 2. The Balaban J connectivity index is 2.90. The predicted molar refractivity (Wildman–Crippen MR) is 102 cm³/mol. The van der Waals surface area contributed by atoms with Crippen molar-refractivity contribution in [2.24, 2.45) is 0 Å². The molecule has 1 aromatic rings. The van der Waals surface area contributed by atoms with Gasteiger partial charge in [-0.25, -0.2) is 9.97 Å². The Hall–Kier alpha value is -2.98. The van der Waals surface area contributed by atoms with Crippen LogP contribution in [-0.2, 0) is 19.1 Å². The predicted octanol–water partition coefficient (Wildman–Crippen LogP) is 1.92. The average molecular weight is 397 g/mol. The summed E-state index contributed by atoms with van der Waals surface area (Å²) in [5.41, 5.74) is -1.13. The quantitative estimate of drug-likeness (QED) is 0.270. The van der Waals surface area contributed by atoms with Crippen molar-refractivity contribution in [3.05, 3.63) is 16.4 Å². The summed E-state index contributed by atoms with van der Waals surface area (Å²) in [6.45, 7) is 6.89. The summed E-state index contributed by atoms with van der Waals surface area (Å²) in [5.74, 6) is -1.33.